The van der Waals surface area contributed by atoms with Crippen LogP contribution in [0.1, 0.15) is 22.8 Å². The average molecular weight is 574 g/mol. The number of aromatic hydroxyl groups is 1. The number of anilines is 1. The first-order chi connectivity index (χ1) is 18.0. The highest BCUT2D eigenvalue weighted by molar-refractivity contribution is 7.85. The lowest BCUT2D eigenvalue weighted by molar-refractivity contribution is 0.102. The molecule has 4 aromatic rings. The Balaban J connectivity index is 1.80. The van der Waals surface area contributed by atoms with Crippen molar-refractivity contribution in [3.8, 4) is 11.5 Å². The van der Waals surface area contributed by atoms with E-state index in [2.05, 4.69) is 15.5 Å². The Morgan fingerprint density at radius 2 is 1.71 bits per heavy atom. The van der Waals surface area contributed by atoms with Gasteiger partial charge in [-0.1, -0.05) is 53.5 Å². The summed E-state index contributed by atoms with van der Waals surface area (Å²) < 4.78 is 37.8. The number of halogens is 2. The minimum absolute atomic E-state index is 0.00120. The quantitative estimate of drug-likeness (QED) is 0.155. The monoisotopic (exact) mass is 573 g/mol. The molecular formula is C26H21Cl2N3O6S. The number of ether oxygens (including phenoxy) is 1. The van der Waals surface area contributed by atoms with Gasteiger partial charge in [-0.05, 0) is 55.1 Å². The summed E-state index contributed by atoms with van der Waals surface area (Å²) in [5.41, 5.74) is 0.679. The van der Waals surface area contributed by atoms with Crippen molar-refractivity contribution >= 4 is 67.1 Å². The fourth-order valence-electron chi connectivity index (χ4n) is 3.76. The standard InChI is InChI=1S/C26H21Cl2N3O6S/c1-3-37-25-19(27)9-6-10-21(25)29-26(33)18-12-15-7-4-5-8-17(15)23(24(18)32)31-30-22-14(2)11-16(13-20(22)28)38(34,35)36/h4-13,32H,3H2,1-2H3,(H,29,33)(H,34,35,36). The Morgan fingerprint density at radius 1 is 1.00 bits per heavy atom. The number of carbonyl (C=O) groups excluding carboxylic acids is 1. The van der Waals surface area contributed by atoms with E-state index < -0.39 is 26.7 Å². The second-order valence-corrected chi connectivity index (χ2v) is 10.3. The summed E-state index contributed by atoms with van der Waals surface area (Å²) in [7, 11) is -4.48. The maximum absolute atomic E-state index is 13.3. The fraction of sp³-hybridized carbons (Fsp3) is 0.115. The number of fused-ring (bicyclic) bond motifs is 1. The smallest absolute Gasteiger partial charge is 0.294 e. The van der Waals surface area contributed by atoms with Crippen LogP contribution in [0.5, 0.6) is 11.5 Å². The zero-order valence-corrected chi connectivity index (χ0v) is 22.4. The Morgan fingerprint density at radius 3 is 2.39 bits per heavy atom. The van der Waals surface area contributed by atoms with E-state index in [0.29, 0.717) is 39.4 Å². The molecule has 0 aromatic heterocycles. The number of phenols is 1. The molecule has 4 aromatic carbocycles. The third-order valence-corrected chi connectivity index (χ3v) is 6.94. The highest BCUT2D eigenvalue weighted by atomic mass is 35.5. The molecule has 0 saturated carbocycles. The minimum Gasteiger partial charge on any atom is -0.505 e. The van der Waals surface area contributed by atoms with Gasteiger partial charge >= 0.3 is 0 Å². The maximum Gasteiger partial charge on any atom is 0.294 e. The predicted molar refractivity (Wildman–Crippen MR) is 146 cm³/mol. The van der Waals surface area contributed by atoms with E-state index in [-0.39, 0.29) is 22.0 Å². The van der Waals surface area contributed by atoms with Gasteiger partial charge in [0.2, 0.25) is 0 Å². The van der Waals surface area contributed by atoms with Gasteiger partial charge in [-0.15, -0.1) is 10.2 Å². The Hall–Kier alpha value is -3.70. The lowest BCUT2D eigenvalue weighted by Gasteiger charge is -2.14. The number of amides is 1. The summed E-state index contributed by atoms with van der Waals surface area (Å²) in [6.45, 7) is 3.65. The number of benzene rings is 4. The van der Waals surface area contributed by atoms with Crippen LogP contribution < -0.4 is 10.1 Å². The van der Waals surface area contributed by atoms with Gasteiger partial charge in [0.1, 0.15) is 11.4 Å². The highest BCUT2D eigenvalue weighted by Crippen LogP contribution is 2.41. The van der Waals surface area contributed by atoms with Crippen LogP contribution in [0, 0.1) is 6.92 Å². The molecule has 0 radical (unpaired) electrons. The maximum atomic E-state index is 13.3. The Labute approximate surface area is 228 Å². The molecule has 0 aliphatic rings. The molecule has 0 aliphatic heterocycles. The molecule has 4 rings (SSSR count). The van der Waals surface area contributed by atoms with Crippen molar-refractivity contribution in [2.24, 2.45) is 10.2 Å². The van der Waals surface area contributed by atoms with Crippen molar-refractivity contribution in [3.63, 3.8) is 0 Å². The third-order valence-electron chi connectivity index (χ3n) is 5.52. The molecule has 196 valence electrons. The normalized spacial score (nSPS) is 11.7. The number of nitrogens with one attached hydrogen (secondary N) is 1. The molecular weight excluding hydrogens is 553 g/mol. The summed E-state index contributed by atoms with van der Waals surface area (Å²) in [6.07, 6.45) is 0. The van der Waals surface area contributed by atoms with E-state index in [1.807, 2.05) is 0 Å². The number of carbonyl (C=O) groups is 1. The molecule has 1 amide bonds. The molecule has 0 heterocycles. The van der Waals surface area contributed by atoms with Gasteiger partial charge in [-0.2, -0.15) is 8.42 Å². The first kappa shape index (κ1) is 27.3. The number of aryl methyl sites for hydroxylation is 1. The van der Waals surface area contributed by atoms with E-state index in [0.717, 1.165) is 6.07 Å². The van der Waals surface area contributed by atoms with Crippen LogP contribution in [0.15, 0.2) is 75.8 Å². The highest BCUT2D eigenvalue weighted by Gasteiger charge is 2.21. The van der Waals surface area contributed by atoms with Crippen molar-refractivity contribution < 1.29 is 27.6 Å². The summed E-state index contributed by atoms with van der Waals surface area (Å²) in [6, 6.07) is 15.6. The SMILES string of the molecule is CCOc1c(Cl)cccc1NC(=O)c1cc2ccccc2c(N=Nc2c(C)cc(S(=O)(=O)O)cc2Cl)c1O. The molecule has 0 aliphatic carbocycles. The second kappa shape index (κ2) is 11.0. The number of hydrogen-bond donors (Lipinski definition) is 3. The minimum atomic E-state index is -4.48. The van der Waals surface area contributed by atoms with E-state index in [1.165, 1.54) is 19.1 Å². The van der Waals surface area contributed by atoms with E-state index in [4.69, 9.17) is 27.9 Å². The van der Waals surface area contributed by atoms with E-state index in [1.54, 1.807) is 49.4 Å². The van der Waals surface area contributed by atoms with Gasteiger partial charge in [-0.25, -0.2) is 0 Å². The zero-order valence-electron chi connectivity index (χ0n) is 20.1. The molecule has 0 saturated heterocycles. The molecule has 0 spiro atoms. The van der Waals surface area contributed by atoms with Crippen molar-refractivity contribution in [1.29, 1.82) is 0 Å². The molecule has 0 fully saturated rings. The van der Waals surface area contributed by atoms with Crippen molar-refractivity contribution in [1.82, 2.24) is 0 Å². The van der Waals surface area contributed by atoms with Crippen LogP contribution in [0.2, 0.25) is 10.0 Å². The number of para-hydroxylation sites is 1. The molecule has 38 heavy (non-hydrogen) atoms. The van der Waals surface area contributed by atoms with Gasteiger partial charge in [0.05, 0.1) is 32.8 Å². The molecule has 3 N–H and O–H groups in total. The van der Waals surface area contributed by atoms with Gasteiger partial charge < -0.3 is 15.2 Å². The second-order valence-electron chi connectivity index (χ2n) is 8.09. The van der Waals surface area contributed by atoms with Crippen LogP contribution in [0.25, 0.3) is 10.8 Å². The number of azo groups is 1. The van der Waals surface area contributed by atoms with Crippen molar-refractivity contribution in [3.05, 3.63) is 81.8 Å². The van der Waals surface area contributed by atoms with Crippen LogP contribution in [-0.4, -0.2) is 30.6 Å². The van der Waals surface area contributed by atoms with Crippen molar-refractivity contribution in [2.45, 2.75) is 18.7 Å². The summed E-state index contributed by atoms with van der Waals surface area (Å²) >= 11 is 12.4. The van der Waals surface area contributed by atoms with Crippen LogP contribution in [-0.2, 0) is 10.1 Å². The first-order valence-electron chi connectivity index (χ1n) is 11.2. The molecule has 9 nitrogen and oxygen atoms in total. The van der Waals surface area contributed by atoms with Gasteiger partial charge in [0, 0.05) is 5.39 Å². The average Bonchev–Trinajstić information content (AvgIpc) is 2.85. The molecule has 0 unspecified atom stereocenters. The molecule has 0 bridgehead atoms. The third kappa shape index (κ3) is 5.58. The van der Waals surface area contributed by atoms with Crippen LogP contribution in [0.3, 0.4) is 0 Å². The van der Waals surface area contributed by atoms with E-state index in [9.17, 15) is 22.9 Å². The van der Waals surface area contributed by atoms with Crippen molar-refractivity contribution in [2.75, 3.05) is 11.9 Å². The lowest BCUT2D eigenvalue weighted by Crippen LogP contribution is -2.13. The number of phenolic OH excluding ortho intramolecular Hbond substituents is 1. The van der Waals surface area contributed by atoms with Gasteiger partial charge in [0.25, 0.3) is 16.0 Å². The number of hydrogen-bond acceptors (Lipinski definition) is 7. The topological polar surface area (TPSA) is 138 Å². The first-order valence-corrected chi connectivity index (χ1v) is 13.4. The summed E-state index contributed by atoms with van der Waals surface area (Å²) in [5, 5.41) is 23.5. The predicted octanol–water partition coefficient (Wildman–Crippen LogP) is 7.47. The molecule has 12 heteroatoms. The summed E-state index contributed by atoms with van der Waals surface area (Å²) in [5.74, 6) is -0.781. The Kier molecular flexibility index (Phi) is 7.89. The molecule has 0 atom stereocenters. The van der Waals surface area contributed by atoms with Crippen LogP contribution in [0.4, 0.5) is 17.1 Å². The Bertz CT molecular complexity index is 1680. The van der Waals surface area contributed by atoms with Crippen LogP contribution >= 0.6 is 23.2 Å². The fourth-order valence-corrected chi connectivity index (χ4v) is 4.95. The van der Waals surface area contributed by atoms with E-state index >= 15 is 0 Å². The largest absolute Gasteiger partial charge is 0.505 e. The number of nitrogens with zero attached hydrogens (tertiary/aromatic N) is 2. The lowest BCUT2D eigenvalue weighted by atomic mass is 10.0. The number of rotatable bonds is 7. The zero-order chi connectivity index (χ0) is 27.6. The summed E-state index contributed by atoms with van der Waals surface area (Å²) in [4.78, 5) is 12.9. The van der Waals surface area contributed by atoms with Gasteiger partial charge in [-0.3, -0.25) is 9.35 Å². The van der Waals surface area contributed by atoms with Gasteiger partial charge in [0.15, 0.2) is 11.5 Å².